The van der Waals surface area contributed by atoms with Crippen molar-refractivity contribution in [1.29, 1.82) is 0 Å². The van der Waals surface area contributed by atoms with Gasteiger partial charge in [0.05, 0.1) is 29.0 Å². The van der Waals surface area contributed by atoms with Gasteiger partial charge in [-0.2, -0.15) is 0 Å². The summed E-state index contributed by atoms with van der Waals surface area (Å²) in [5.74, 6) is 1.22. The number of methoxy groups -OCH3 is 1. The molecule has 3 fully saturated rings. The number of aliphatic hydroxyl groups is 1. The normalized spacial score (nSPS) is 26.9. The van der Waals surface area contributed by atoms with Crippen molar-refractivity contribution < 1.29 is 24.2 Å². The first-order valence-electron chi connectivity index (χ1n) is 14.9. The largest absolute Gasteiger partial charge is 0.457 e. The quantitative estimate of drug-likeness (QED) is 0.290. The number of hydrogen-bond acceptors (Lipinski definition) is 9. The smallest absolute Gasteiger partial charge is 0.326 e. The van der Waals surface area contributed by atoms with Crippen LogP contribution in [0.25, 0.3) is 0 Å². The highest BCUT2D eigenvalue weighted by atomic mass is 32.2. The van der Waals surface area contributed by atoms with Crippen LogP contribution >= 0.6 is 11.8 Å². The molecule has 0 aliphatic carbocycles. The second kappa shape index (κ2) is 12.8. The van der Waals surface area contributed by atoms with Gasteiger partial charge in [0.2, 0.25) is 0 Å². The van der Waals surface area contributed by atoms with Crippen molar-refractivity contribution in [2.45, 2.75) is 55.9 Å². The lowest BCUT2D eigenvalue weighted by molar-refractivity contribution is -0.118. The van der Waals surface area contributed by atoms with Gasteiger partial charge in [0, 0.05) is 43.5 Å². The maximum Gasteiger partial charge on any atom is 0.326 e. The Kier molecular flexibility index (Phi) is 8.94. The highest BCUT2D eigenvalue weighted by molar-refractivity contribution is 8.04. The summed E-state index contributed by atoms with van der Waals surface area (Å²) in [6.45, 7) is 4.18. The maximum atomic E-state index is 13.7. The first-order valence-corrected chi connectivity index (χ1v) is 15.8. The number of thioether (sulfide) groups is 1. The Morgan fingerprint density at radius 1 is 1.21 bits per heavy atom. The number of anilines is 1. The Hall–Kier alpha value is -3.13. The van der Waals surface area contributed by atoms with Gasteiger partial charge in [-0.05, 0) is 68.6 Å². The van der Waals surface area contributed by atoms with Crippen molar-refractivity contribution in [1.82, 2.24) is 20.9 Å². The molecule has 3 saturated heterocycles. The minimum atomic E-state index is -0.846. The Balaban J connectivity index is 1.18. The topological polar surface area (TPSA) is 141 Å². The molecule has 43 heavy (non-hydrogen) atoms. The Labute approximate surface area is 256 Å². The average molecular weight is 609 g/mol. The zero-order valence-electron chi connectivity index (χ0n) is 24.5. The number of amides is 3. The molecule has 12 heteroatoms. The van der Waals surface area contributed by atoms with Gasteiger partial charge in [0.25, 0.3) is 5.91 Å². The first-order chi connectivity index (χ1) is 20.8. The van der Waals surface area contributed by atoms with Crippen LogP contribution in [0.2, 0.25) is 0 Å². The Morgan fingerprint density at radius 2 is 2.02 bits per heavy atom. The summed E-state index contributed by atoms with van der Waals surface area (Å²) in [5, 5.41) is 20.5. The van der Waals surface area contributed by atoms with Crippen molar-refractivity contribution in [3.05, 3.63) is 64.7 Å². The van der Waals surface area contributed by atoms with Crippen molar-refractivity contribution in [3.63, 3.8) is 0 Å². The van der Waals surface area contributed by atoms with E-state index in [1.54, 1.807) is 7.11 Å². The lowest BCUT2D eigenvalue weighted by Crippen LogP contribution is -2.62. The molecule has 6 rings (SSSR count). The Morgan fingerprint density at radius 3 is 2.79 bits per heavy atom. The number of ether oxygens (including phenoxy) is 2. The number of rotatable bonds is 9. The molecule has 6 N–H and O–H groups in total. The van der Waals surface area contributed by atoms with Gasteiger partial charge < -0.3 is 36.3 Å². The van der Waals surface area contributed by atoms with Gasteiger partial charge in [-0.15, -0.1) is 0 Å². The number of likely N-dealkylation sites (tertiary alicyclic amines) is 1. The molecular formula is C31H40N6O5S. The maximum absolute atomic E-state index is 13.7. The van der Waals surface area contributed by atoms with E-state index in [0.717, 1.165) is 42.8 Å². The summed E-state index contributed by atoms with van der Waals surface area (Å²) < 4.78 is 11.1. The number of nitrogens with one attached hydrogen (secondary N) is 3. The van der Waals surface area contributed by atoms with E-state index in [1.165, 1.54) is 11.8 Å². The number of carbonyl (C=O) groups excluding carboxylic acids is 2. The highest BCUT2D eigenvalue weighted by Gasteiger charge is 2.52. The lowest BCUT2D eigenvalue weighted by atomic mass is 9.86. The molecule has 4 unspecified atom stereocenters. The minimum absolute atomic E-state index is 0.0182. The van der Waals surface area contributed by atoms with Gasteiger partial charge in [0.1, 0.15) is 17.7 Å². The third-order valence-corrected chi connectivity index (χ3v) is 10.0. The SMILES string of the molecule is COC[C@@H](N)C(O)N1CCC[C@@H](NC(=O)C2=C3NC(=O)N(c4ccc(Oc5ccccc5)cc4C)C4CCNC(S2)C34)C1. The number of nitrogens with zero attached hydrogens (tertiary/aromatic N) is 2. The van der Waals surface area contributed by atoms with Gasteiger partial charge in [-0.1, -0.05) is 30.0 Å². The van der Waals surface area contributed by atoms with E-state index in [0.29, 0.717) is 29.4 Å². The summed E-state index contributed by atoms with van der Waals surface area (Å²) in [6.07, 6.45) is 1.56. The van der Waals surface area contributed by atoms with Crippen LogP contribution in [0, 0.1) is 12.8 Å². The second-order valence-corrected chi connectivity index (χ2v) is 12.8. The zero-order chi connectivity index (χ0) is 30.1. The fraction of sp³-hybridized carbons (Fsp3) is 0.484. The number of hydrogen-bond donors (Lipinski definition) is 5. The lowest BCUT2D eigenvalue weighted by Gasteiger charge is -2.46. The average Bonchev–Trinajstić information content (AvgIpc) is 3.38. The van der Waals surface area contributed by atoms with Crippen LogP contribution in [-0.4, -0.2) is 85.0 Å². The molecular weight excluding hydrogens is 568 g/mol. The number of aryl methyl sites for hydroxylation is 1. The third-order valence-electron chi connectivity index (χ3n) is 8.66. The van der Waals surface area contributed by atoms with Crippen LogP contribution in [-0.2, 0) is 9.53 Å². The molecule has 6 atom stereocenters. The third kappa shape index (κ3) is 6.13. The van der Waals surface area contributed by atoms with Crippen molar-refractivity contribution in [2.75, 3.05) is 38.3 Å². The first kappa shape index (κ1) is 29.9. The van der Waals surface area contributed by atoms with Gasteiger partial charge in [-0.25, -0.2) is 4.79 Å². The zero-order valence-corrected chi connectivity index (χ0v) is 25.3. The fourth-order valence-electron chi connectivity index (χ4n) is 6.65. The summed E-state index contributed by atoms with van der Waals surface area (Å²) >= 11 is 1.49. The number of urea groups is 1. The summed E-state index contributed by atoms with van der Waals surface area (Å²) in [4.78, 5) is 31.6. The van der Waals surface area contributed by atoms with Crippen LogP contribution in [0.4, 0.5) is 10.5 Å². The van der Waals surface area contributed by atoms with Gasteiger partial charge >= 0.3 is 6.03 Å². The molecule has 0 spiro atoms. The van der Waals surface area contributed by atoms with E-state index in [2.05, 4.69) is 16.0 Å². The molecule has 2 aromatic rings. The van der Waals surface area contributed by atoms with Crippen LogP contribution in [0.3, 0.4) is 0 Å². The van der Waals surface area contributed by atoms with Crippen molar-refractivity contribution >= 4 is 29.4 Å². The molecule has 4 heterocycles. The van der Waals surface area contributed by atoms with E-state index in [9.17, 15) is 14.7 Å². The standard InChI is InChI=1S/C31H40N6O5S/c1-18-15-21(42-20-8-4-3-5-9-20)10-11-23(18)37-24-12-13-33-29-25(24)26(35-31(37)40)27(43-29)28(38)34-19-7-6-14-36(16-19)30(39)22(32)17-41-2/h3-5,8-11,15,19,22,24-25,29-30,33,39H,6-7,12-14,16-17,32H2,1-2H3,(H,34,38)(H,35,40)/t19-,22-,24?,25?,29?,30?/m1/s1. The molecule has 230 valence electrons. The van der Waals surface area contributed by atoms with Crippen molar-refractivity contribution in [2.24, 2.45) is 11.7 Å². The molecule has 2 aromatic carbocycles. The predicted molar refractivity (Wildman–Crippen MR) is 166 cm³/mol. The number of nitrogens with two attached hydrogens (primary N) is 1. The molecule has 0 aromatic heterocycles. The summed E-state index contributed by atoms with van der Waals surface area (Å²) in [5.41, 5.74) is 8.53. The number of para-hydroxylation sites is 1. The van der Waals surface area contributed by atoms with E-state index < -0.39 is 12.3 Å². The predicted octanol–water partition coefficient (Wildman–Crippen LogP) is 2.45. The molecule has 11 nitrogen and oxygen atoms in total. The summed E-state index contributed by atoms with van der Waals surface area (Å²) in [7, 11) is 1.55. The number of carbonyl (C=O) groups is 2. The highest BCUT2D eigenvalue weighted by Crippen LogP contribution is 2.48. The minimum Gasteiger partial charge on any atom is -0.457 e. The summed E-state index contributed by atoms with van der Waals surface area (Å²) in [6, 6.07) is 14.4. The number of benzene rings is 2. The van der Waals surface area contributed by atoms with E-state index >= 15 is 0 Å². The molecule has 4 aliphatic rings. The molecule has 3 amide bonds. The number of piperidine rings is 2. The van der Waals surface area contributed by atoms with Crippen LogP contribution in [0.15, 0.2) is 59.1 Å². The fourth-order valence-corrected chi connectivity index (χ4v) is 8.05. The van der Waals surface area contributed by atoms with Crippen LogP contribution in [0.1, 0.15) is 24.8 Å². The molecule has 0 bridgehead atoms. The monoisotopic (exact) mass is 608 g/mol. The van der Waals surface area contributed by atoms with E-state index in [1.807, 2.05) is 65.3 Å². The Bertz CT molecular complexity index is 1380. The second-order valence-electron chi connectivity index (χ2n) is 11.6. The number of aliphatic hydroxyl groups excluding tert-OH is 1. The molecule has 4 aliphatic heterocycles. The van der Waals surface area contributed by atoms with Crippen molar-refractivity contribution in [3.8, 4) is 11.5 Å². The van der Waals surface area contributed by atoms with Gasteiger partial charge in [-0.3, -0.25) is 14.6 Å². The molecule has 0 saturated carbocycles. The van der Waals surface area contributed by atoms with E-state index in [4.69, 9.17) is 15.2 Å². The molecule has 0 radical (unpaired) electrons. The van der Waals surface area contributed by atoms with Crippen LogP contribution in [0.5, 0.6) is 11.5 Å². The van der Waals surface area contributed by atoms with Crippen LogP contribution < -0.4 is 31.3 Å². The van der Waals surface area contributed by atoms with Gasteiger partial charge in [0.15, 0.2) is 0 Å². The van der Waals surface area contributed by atoms with E-state index in [-0.39, 0.29) is 41.9 Å².